The van der Waals surface area contributed by atoms with Gasteiger partial charge in [-0.05, 0) is 80.0 Å². The summed E-state index contributed by atoms with van der Waals surface area (Å²) in [6, 6.07) is 11.3. The van der Waals surface area contributed by atoms with Crippen LogP contribution in [0, 0.1) is 11.2 Å². The van der Waals surface area contributed by atoms with Gasteiger partial charge in [-0.1, -0.05) is 24.3 Å². The molecule has 0 saturated carbocycles. The zero-order valence-corrected chi connectivity index (χ0v) is 25.6. The fraction of sp³-hybridized carbons (Fsp3) is 0.438. The number of hydrogen-bond acceptors (Lipinski definition) is 8. The van der Waals surface area contributed by atoms with Crippen LogP contribution in [0.5, 0.6) is 5.75 Å². The number of anilines is 1. The summed E-state index contributed by atoms with van der Waals surface area (Å²) in [4.78, 5) is 30.0. The van der Waals surface area contributed by atoms with Crippen molar-refractivity contribution in [2.24, 2.45) is 5.41 Å². The molecule has 2 saturated heterocycles. The molecule has 2 aliphatic heterocycles. The first-order chi connectivity index (χ1) is 20.6. The molecule has 11 heteroatoms. The summed E-state index contributed by atoms with van der Waals surface area (Å²) in [6.07, 6.45) is 4.02. The normalized spacial score (nSPS) is 16.8. The molecule has 0 atom stereocenters. The van der Waals surface area contributed by atoms with Gasteiger partial charge in [-0.3, -0.25) is 4.98 Å². The number of fused-ring (bicyclic) bond motifs is 2. The van der Waals surface area contributed by atoms with Crippen LogP contribution >= 0.6 is 11.6 Å². The van der Waals surface area contributed by atoms with Crippen LogP contribution in [0.2, 0.25) is 5.28 Å². The first kappa shape index (κ1) is 29.3. The molecule has 0 radical (unpaired) electrons. The van der Waals surface area contributed by atoms with E-state index >= 15 is 4.39 Å². The van der Waals surface area contributed by atoms with Crippen molar-refractivity contribution in [2.75, 3.05) is 45.0 Å². The van der Waals surface area contributed by atoms with Gasteiger partial charge in [-0.25, -0.2) is 14.2 Å². The third kappa shape index (κ3) is 5.90. The average molecular weight is 608 g/mol. The Morgan fingerprint density at radius 3 is 2.56 bits per heavy atom. The highest BCUT2D eigenvalue weighted by molar-refractivity contribution is 6.28. The highest BCUT2D eigenvalue weighted by Crippen LogP contribution is 2.43. The number of nitrogens with zero attached hydrogens (tertiary/aromatic N) is 5. The number of halogens is 2. The van der Waals surface area contributed by atoms with Crippen molar-refractivity contribution in [2.45, 2.75) is 45.6 Å². The van der Waals surface area contributed by atoms with Crippen LogP contribution in [0.3, 0.4) is 0 Å². The summed E-state index contributed by atoms with van der Waals surface area (Å²) in [6.45, 7) is 8.43. The number of methoxy groups -OCH3 is 1. The van der Waals surface area contributed by atoms with Crippen LogP contribution in [0.4, 0.5) is 15.0 Å². The second-order valence-corrected chi connectivity index (χ2v) is 12.7. The molecule has 2 aromatic heterocycles. The lowest BCUT2D eigenvalue weighted by molar-refractivity contribution is 0.0266. The highest BCUT2D eigenvalue weighted by Gasteiger charge is 2.43. The molecule has 1 amide bonds. The second-order valence-electron chi connectivity index (χ2n) is 12.4. The van der Waals surface area contributed by atoms with Crippen LogP contribution in [-0.4, -0.2) is 71.6 Å². The number of pyridine rings is 1. The van der Waals surface area contributed by atoms with Crippen molar-refractivity contribution in [3.63, 3.8) is 0 Å². The molecule has 0 N–H and O–H groups in total. The molecule has 0 aliphatic carbocycles. The predicted octanol–water partition coefficient (Wildman–Crippen LogP) is 6.85. The maximum Gasteiger partial charge on any atom is 0.410 e. The quantitative estimate of drug-likeness (QED) is 0.180. The Labute approximate surface area is 254 Å². The monoisotopic (exact) mass is 607 g/mol. The molecular weight excluding hydrogens is 573 g/mol. The van der Waals surface area contributed by atoms with Crippen molar-refractivity contribution in [1.29, 1.82) is 0 Å². The van der Waals surface area contributed by atoms with Crippen molar-refractivity contribution in [3.8, 4) is 17.0 Å². The number of piperidine rings is 1. The Balaban J connectivity index is 1.29. The Hall–Kier alpha value is -3.76. The van der Waals surface area contributed by atoms with Crippen molar-refractivity contribution in [1.82, 2.24) is 19.9 Å². The number of amides is 1. The van der Waals surface area contributed by atoms with Crippen LogP contribution in [0.1, 0.15) is 40.0 Å². The molecule has 2 fully saturated rings. The molecule has 1 spiro atoms. The average Bonchev–Trinajstić information content (AvgIpc) is 3.39. The lowest BCUT2D eigenvalue weighted by Crippen LogP contribution is -2.43. The number of aromatic nitrogens is 3. The van der Waals surface area contributed by atoms with Crippen LogP contribution in [0.25, 0.3) is 32.9 Å². The van der Waals surface area contributed by atoms with Crippen molar-refractivity contribution >= 4 is 45.2 Å². The summed E-state index contributed by atoms with van der Waals surface area (Å²) >= 11 is 6.39. The number of benzene rings is 2. The lowest BCUT2D eigenvalue weighted by Gasteiger charge is -2.40. The molecule has 226 valence electrons. The predicted molar refractivity (Wildman–Crippen MR) is 164 cm³/mol. The molecule has 0 bridgehead atoms. The van der Waals surface area contributed by atoms with Gasteiger partial charge < -0.3 is 24.0 Å². The molecule has 0 unspecified atom stereocenters. The fourth-order valence-electron chi connectivity index (χ4n) is 6.15. The maximum atomic E-state index is 16.3. The molecule has 6 rings (SSSR count). The standard InChI is InChI=1S/C32H35ClFN5O4/c1-31(2,3)43-30(40)39-14-11-32(18-39)9-12-38(13-10-32)28-24-17-35-26(25(34)27(24)36-29(33)37-28)23-16-21(42-19-41-4)15-20-7-5-6-8-22(20)23/h5-8,15-17H,9-14,18-19H2,1-4H3. The summed E-state index contributed by atoms with van der Waals surface area (Å²) in [5.41, 5.74) is 0.340. The Bertz CT molecular complexity index is 1690. The van der Waals surface area contributed by atoms with Crippen LogP contribution < -0.4 is 9.64 Å². The van der Waals surface area contributed by atoms with Crippen molar-refractivity contribution < 1.29 is 23.4 Å². The third-order valence-electron chi connectivity index (χ3n) is 8.28. The first-order valence-electron chi connectivity index (χ1n) is 14.5. The number of ether oxygens (including phenoxy) is 3. The van der Waals surface area contributed by atoms with E-state index in [1.807, 2.05) is 56.0 Å². The zero-order valence-electron chi connectivity index (χ0n) is 24.8. The summed E-state index contributed by atoms with van der Waals surface area (Å²) in [5, 5.41) is 2.18. The van der Waals surface area contributed by atoms with Gasteiger partial charge in [0.2, 0.25) is 5.28 Å². The topological polar surface area (TPSA) is 89.9 Å². The molecule has 2 aliphatic rings. The van der Waals surface area contributed by atoms with E-state index in [2.05, 4.69) is 19.9 Å². The van der Waals surface area contributed by atoms with Gasteiger partial charge in [0.25, 0.3) is 0 Å². The summed E-state index contributed by atoms with van der Waals surface area (Å²) in [7, 11) is 1.54. The van der Waals surface area contributed by atoms with E-state index in [1.165, 1.54) is 0 Å². The number of carbonyl (C=O) groups is 1. The minimum atomic E-state index is -0.575. The van der Waals surface area contributed by atoms with Crippen LogP contribution in [0.15, 0.2) is 42.6 Å². The van der Waals surface area contributed by atoms with E-state index < -0.39 is 11.4 Å². The Kier molecular flexibility index (Phi) is 7.76. The summed E-state index contributed by atoms with van der Waals surface area (Å²) in [5.74, 6) is 0.527. The van der Waals surface area contributed by atoms with E-state index in [1.54, 1.807) is 19.4 Å². The molecule has 43 heavy (non-hydrogen) atoms. The number of hydrogen-bond donors (Lipinski definition) is 0. The van der Waals surface area contributed by atoms with E-state index in [9.17, 15) is 4.79 Å². The molecular formula is C32H35ClFN5O4. The lowest BCUT2D eigenvalue weighted by atomic mass is 9.78. The van der Waals surface area contributed by atoms with Gasteiger partial charge in [0.15, 0.2) is 12.6 Å². The number of carbonyl (C=O) groups excluding carboxylic acids is 1. The highest BCUT2D eigenvalue weighted by atomic mass is 35.5. The van der Waals surface area contributed by atoms with Gasteiger partial charge in [-0.2, -0.15) is 4.98 Å². The van der Waals surface area contributed by atoms with E-state index in [4.69, 9.17) is 25.8 Å². The number of likely N-dealkylation sites (tertiary alicyclic amines) is 1. The van der Waals surface area contributed by atoms with Gasteiger partial charge in [0.05, 0.1) is 5.39 Å². The smallest absolute Gasteiger partial charge is 0.410 e. The van der Waals surface area contributed by atoms with E-state index in [-0.39, 0.29) is 34.8 Å². The summed E-state index contributed by atoms with van der Waals surface area (Å²) < 4.78 is 32.7. The minimum Gasteiger partial charge on any atom is -0.468 e. The second kappa shape index (κ2) is 11.4. The Morgan fingerprint density at radius 2 is 1.81 bits per heavy atom. The molecule has 4 aromatic rings. The van der Waals surface area contributed by atoms with Crippen molar-refractivity contribution in [3.05, 3.63) is 53.7 Å². The van der Waals surface area contributed by atoms with Gasteiger partial charge >= 0.3 is 6.09 Å². The van der Waals surface area contributed by atoms with Crippen LogP contribution in [-0.2, 0) is 9.47 Å². The molecule has 2 aromatic carbocycles. The van der Waals surface area contributed by atoms with E-state index in [0.717, 1.165) is 30.0 Å². The van der Waals surface area contributed by atoms with E-state index in [0.29, 0.717) is 48.7 Å². The molecule has 9 nitrogen and oxygen atoms in total. The van der Waals surface area contributed by atoms with Gasteiger partial charge in [-0.15, -0.1) is 0 Å². The zero-order chi connectivity index (χ0) is 30.4. The molecule has 4 heterocycles. The minimum absolute atomic E-state index is 0.0215. The largest absolute Gasteiger partial charge is 0.468 e. The first-order valence-corrected chi connectivity index (χ1v) is 14.8. The van der Waals surface area contributed by atoms with Gasteiger partial charge in [0, 0.05) is 45.0 Å². The Morgan fingerprint density at radius 1 is 1.07 bits per heavy atom. The SMILES string of the molecule is COCOc1cc(-c2ncc3c(N4CCC5(CCN(C(=O)OC(C)(C)C)C5)CC4)nc(Cl)nc3c2F)c2ccccc2c1. The van der Waals surface area contributed by atoms with Gasteiger partial charge in [0.1, 0.15) is 28.4 Å². The number of rotatable bonds is 5. The fourth-order valence-corrected chi connectivity index (χ4v) is 6.32. The third-order valence-corrected chi connectivity index (χ3v) is 8.45. The maximum absolute atomic E-state index is 16.3.